The minimum atomic E-state index is -1.11. The highest BCUT2D eigenvalue weighted by atomic mass is 16.7. The van der Waals surface area contributed by atoms with Crippen LogP contribution in [0.5, 0.6) is 0 Å². The summed E-state index contributed by atoms with van der Waals surface area (Å²) < 4.78 is 22.6. The Morgan fingerprint density at radius 3 is 2.54 bits per heavy atom. The molecule has 39 heavy (non-hydrogen) atoms. The van der Waals surface area contributed by atoms with Crippen LogP contribution in [0.25, 0.3) is 0 Å². The van der Waals surface area contributed by atoms with Crippen LogP contribution in [0.3, 0.4) is 0 Å². The van der Waals surface area contributed by atoms with Crippen LogP contribution in [0.4, 0.5) is 0 Å². The quantitative estimate of drug-likeness (QED) is 0.269. The lowest BCUT2D eigenvalue weighted by Crippen LogP contribution is -2.63. The molecular formula is C30H44O9. The number of carbonyl (C=O) groups excluding carboxylic acids is 2. The van der Waals surface area contributed by atoms with Crippen molar-refractivity contribution in [3.05, 3.63) is 11.6 Å². The van der Waals surface area contributed by atoms with E-state index < -0.39 is 41.7 Å². The Balaban J connectivity index is 1.18. The van der Waals surface area contributed by atoms with Crippen molar-refractivity contribution in [1.29, 1.82) is 0 Å². The Morgan fingerprint density at radius 2 is 1.85 bits per heavy atom. The highest BCUT2D eigenvalue weighted by Crippen LogP contribution is 2.69. The second-order valence-electron chi connectivity index (χ2n) is 13.4. The Labute approximate surface area is 230 Å². The topological polar surface area (TPSA) is 132 Å². The third kappa shape index (κ3) is 4.02. The number of fused-ring (bicyclic) bond motifs is 5. The minimum absolute atomic E-state index is 0.0482. The molecule has 13 atom stereocenters. The van der Waals surface area contributed by atoms with Gasteiger partial charge in [0.25, 0.3) is 0 Å². The van der Waals surface area contributed by atoms with Gasteiger partial charge in [0.2, 0.25) is 0 Å². The van der Waals surface area contributed by atoms with Gasteiger partial charge in [-0.05, 0) is 94.0 Å². The van der Waals surface area contributed by atoms with Gasteiger partial charge in [0.1, 0.15) is 31.2 Å². The lowest BCUT2D eigenvalue weighted by molar-refractivity contribution is -0.312. The van der Waals surface area contributed by atoms with Crippen LogP contribution in [0.1, 0.15) is 71.6 Å². The van der Waals surface area contributed by atoms with Crippen LogP contribution in [0.2, 0.25) is 0 Å². The van der Waals surface area contributed by atoms with E-state index in [4.69, 9.17) is 18.9 Å². The molecule has 2 aliphatic heterocycles. The predicted molar refractivity (Wildman–Crippen MR) is 138 cm³/mol. The molecule has 0 unspecified atom stereocenters. The molecule has 9 nitrogen and oxygen atoms in total. The van der Waals surface area contributed by atoms with Gasteiger partial charge < -0.3 is 39.1 Å². The summed E-state index contributed by atoms with van der Waals surface area (Å²) in [6, 6.07) is 0. The number of aliphatic hydroxyl groups excluding tert-OH is 2. The van der Waals surface area contributed by atoms with E-state index in [9.17, 15) is 24.9 Å². The summed E-state index contributed by atoms with van der Waals surface area (Å²) in [5.74, 6) is 0.152. The third-order valence-corrected chi connectivity index (χ3v) is 12.1. The normalized spacial score (nSPS) is 53.3. The molecule has 0 spiro atoms. The number of esters is 1. The van der Waals surface area contributed by atoms with Gasteiger partial charge in [-0.1, -0.05) is 6.92 Å². The summed E-state index contributed by atoms with van der Waals surface area (Å²) in [6.07, 6.45) is 5.39. The Morgan fingerprint density at radius 1 is 1.05 bits per heavy atom. The van der Waals surface area contributed by atoms with E-state index in [1.165, 1.54) is 13.4 Å². The van der Waals surface area contributed by atoms with Crippen molar-refractivity contribution in [2.45, 2.75) is 114 Å². The highest BCUT2D eigenvalue weighted by Gasteiger charge is 2.68. The lowest BCUT2D eigenvalue weighted by atomic mass is 9.43. The average molecular weight is 549 g/mol. The molecule has 6 rings (SSSR count). The summed E-state index contributed by atoms with van der Waals surface area (Å²) in [7, 11) is 1.46. The van der Waals surface area contributed by atoms with E-state index in [2.05, 4.69) is 6.92 Å². The highest BCUT2D eigenvalue weighted by molar-refractivity contribution is 5.85. The van der Waals surface area contributed by atoms with Gasteiger partial charge >= 0.3 is 5.97 Å². The van der Waals surface area contributed by atoms with E-state index in [0.29, 0.717) is 32.3 Å². The molecule has 0 aromatic rings. The number of aldehydes is 1. The van der Waals surface area contributed by atoms with Crippen molar-refractivity contribution in [2.75, 3.05) is 13.7 Å². The number of ether oxygens (including phenoxy) is 4. The van der Waals surface area contributed by atoms with Crippen LogP contribution >= 0.6 is 0 Å². The zero-order chi connectivity index (χ0) is 27.7. The fraction of sp³-hybridized carbons (Fsp3) is 0.867. The molecule has 4 aliphatic carbocycles. The van der Waals surface area contributed by atoms with Crippen molar-refractivity contribution in [1.82, 2.24) is 0 Å². The van der Waals surface area contributed by atoms with Crippen LogP contribution in [-0.2, 0) is 28.5 Å². The molecule has 9 heteroatoms. The van der Waals surface area contributed by atoms with Crippen molar-refractivity contribution >= 4 is 12.3 Å². The van der Waals surface area contributed by atoms with E-state index in [1.807, 2.05) is 0 Å². The maximum Gasteiger partial charge on any atom is 0.331 e. The molecule has 6 aliphatic rings. The van der Waals surface area contributed by atoms with Crippen molar-refractivity contribution in [2.24, 2.45) is 34.5 Å². The smallest absolute Gasteiger partial charge is 0.331 e. The fourth-order valence-corrected chi connectivity index (χ4v) is 10.00. The molecule has 0 aromatic carbocycles. The number of hydrogen-bond acceptors (Lipinski definition) is 9. The van der Waals surface area contributed by atoms with E-state index >= 15 is 0 Å². The van der Waals surface area contributed by atoms with Gasteiger partial charge in [-0.15, -0.1) is 0 Å². The number of hydrogen-bond donors (Lipinski definition) is 3. The first-order valence-electron chi connectivity index (χ1n) is 14.8. The number of aliphatic hydroxyl groups is 3. The number of methoxy groups -OCH3 is 1. The number of rotatable bonds is 5. The van der Waals surface area contributed by atoms with E-state index in [1.54, 1.807) is 13.0 Å². The summed E-state index contributed by atoms with van der Waals surface area (Å²) in [4.78, 5) is 24.8. The summed E-state index contributed by atoms with van der Waals surface area (Å²) in [5.41, 5.74) is -0.682. The predicted octanol–water partition coefficient (Wildman–Crippen LogP) is 2.29. The Bertz CT molecular complexity index is 1010. The van der Waals surface area contributed by atoms with Crippen molar-refractivity contribution in [3.63, 3.8) is 0 Å². The Kier molecular flexibility index (Phi) is 7.04. The summed E-state index contributed by atoms with van der Waals surface area (Å²) in [6.45, 7) is 4.25. The van der Waals surface area contributed by atoms with Crippen molar-refractivity contribution < 1.29 is 43.9 Å². The number of cyclic esters (lactones) is 1. The van der Waals surface area contributed by atoms with Gasteiger partial charge in [-0.3, -0.25) is 0 Å². The maximum atomic E-state index is 13.0. The molecular weight excluding hydrogens is 504 g/mol. The molecule has 5 fully saturated rings. The van der Waals surface area contributed by atoms with Gasteiger partial charge in [-0.25, -0.2) is 4.79 Å². The first kappa shape index (κ1) is 27.8. The lowest BCUT2D eigenvalue weighted by Gasteiger charge is -2.63. The van der Waals surface area contributed by atoms with Gasteiger partial charge in [0, 0.05) is 24.0 Å². The van der Waals surface area contributed by atoms with Crippen LogP contribution < -0.4 is 0 Å². The molecule has 0 amide bonds. The average Bonchev–Trinajstić information content (AvgIpc) is 3.47. The maximum absolute atomic E-state index is 13.0. The van der Waals surface area contributed by atoms with E-state index in [0.717, 1.165) is 37.7 Å². The fourth-order valence-electron chi connectivity index (χ4n) is 10.00. The molecule has 4 saturated carbocycles. The summed E-state index contributed by atoms with van der Waals surface area (Å²) >= 11 is 0. The molecule has 0 aromatic heterocycles. The van der Waals surface area contributed by atoms with Gasteiger partial charge in [-0.2, -0.15) is 0 Å². The second kappa shape index (κ2) is 9.88. The van der Waals surface area contributed by atoms with Gasteiger partial charge in [0.15, 0.2) is 6.29 Å². The zero-order valence-electron chi connectivity index (χ0n) is 23.3. The SMILES string of the molecule is CO[C@@H]1[C@@H](O)[C@H](C)O[C@@H](O[C@H]2CC[C@@]3(C=O)[C@@H](CC[C@H]4[C@H]3CC[C@]3(C)[C@H](C5=CC(=O)OC5)CC[C@]43O)C2)[C@@H]1O. The molecule has 218 valence electrons. The molecule has 0 bridgehead atoms. The first-order valence-corrected chi connectivity index (χ1v) is 14.8. The molecule has 0 radical (unpaired) electrons. The van der Waals surface area contributed by atoms with Crippen LogP contribution in [0.15, 0.2) is 11.6 Å². The monoisotopic (exact) mass is 548 g/mol. The third-order valence-electron chi connectivity index (χ3n) is 12.1. The van der Waals surface area contributed by atoms with E-state index in [-0.39, 0.29) is 41.2 Å². The summed E-state index contributed by atoms with van der Waals surface area (Å²) in [5, 5.41) is 33.4. The van der Waals surface area contributed by atoms with Crippen LogP contribution in [-0.4, -0.2) is 83.7 Å². The number of carbonyl (C=O) groups is 2. The van der Waals surface area contributed by atoms with Gasteiger partial charge in [0.05, 0.1) is 17.8 Å². The standard InChI is InChI=1S/C30H44O9/c1-16-24(33)26(36-3)25(34)27(38-16)39-19-6-10-29(15-31)18(13-19)4-5-22-21(29)7-9-28(2)20(8-11-30(22,28)35)17-12-23(32)37-14-17/h12,15-16,18-22,24-27,33-35H,4-11,13-14H2,1-3H3/t16-,18-,19-,20-,21+,22-,24-,25+,26+,27-,28+,29+,30-/m0/s1. The first-order chi connectivity index (χ1) is 18.6. The van der Waals surface area contributed by atoms with Crippen LogP contribution in [0, 0.1) is 34.5 Å². The molecule has 3 N–H and O–H groups in total. The van der Waals surface area contributed by atoms with Crippen molar-refractivity contribution in [3.8, 4) is 0 Å². The second-order valence-corrected chi connectivity index (χ2v) is 13.4. The largest absolute Gasteiger partial charge is 0.458 e. The Hall–Kier alpha value is -1.36. The zero-order valence-corrected chi connectivity index (χ0v) is 23.3. The minimum Gasteiger partial charge on any atom is -0.458 e. The molecule has 1 saturated heterocycles. The molecule has 2 heterocycles.